The van der Waals surface area contributed by atoms with Gasteiger partial charge in [0.2, 0.25) is 0 Å². The number of methoxy groups -OCH3 is 1. The zero-order valence-electron chi connectivity index (χ0n) is 20.6. The molecule has 1 aliphatic rings. The number of ether oxygens (including phenoxy) is 2. The van der Waals surface area contributed by atoms with Gasteiger partial charge in [0.1, 0.15) is 23.1 Å². The summed E-state index contributed by atoms with van der Waals surface area (Å²) in [6, 6.07) is 11.2. The molecule has 0 spiro atoms. The number of nitrogens with one attached hydrogen (secondary N) is 1. The van der Waals surface area contributed by atoms with Gasteiger partial charge in [0.05, 0.1) is 30.0 Å². The summed E-state index contributed by atoms with van der Waals surface area (Å²) in [5.74, 6) is 2.10. The minimum absolute atomic E-state index is 0.0857. The molecule has 2 atom stereocenters. The van der Waals surface area contributed by atoms with E-state index in [1.54, 1.807) is 23.9 Å². The van der Waals surface area contributed by atoms with Crippen molar-refractivity contribution in [1.82, 2.24) is 14.5 Å². The molecule has 1 aliphatic heterocycles. The second-order valence-corrected chi connectivity index (χ2v) is 8.75. The van der Waals surface area contributed by atoms with Gasteiger partial charge in [-0.25, -0.2) is 9.97 Å². The molecule has 3 heterocycles. The molecule has 3 aromatic rings. The van der Waals surface area contributed by atoms with E-state index in [-0.39, 0.29) is 17.7 Å². The van der Waals surface area contributed by atoms with E-state index in [0.717, 1.165) is 5.82 Å². The van der Waals surface area contributed by atoms with E-state index < -0.39 is 0 Å². The molecule has 2 unspecified atom stereocenters. The summed E-state index contributed by atoms with van der Waals surface area (Å²) in [5, 5.41) is 3.99. The number of halogens is 1. The Morgan fingerprint density at radius 2 is 2.00 bits per heavy atom. The van der Waals surface area contributed by atoms with Crippen LogP contribution in [0, 0.1) is 0 Å². The molecule has 9 heteroatoms. The molecule has 0 radical (unpaired) electrons. The highest BCUT2D eigenvalue weighted by molar-refractivity contribution is 6.33. The van der Waals surface area contributed by atoms with Gasteiger partial charge in [0.25, 0.3) is 5.56 Å². The lowest BCUT2D eigenvalue weighted by Crippen LogP contribution is -2.38. The normalized spacial score (nSPS) is 17.6. The lowest BCUT2D eigenvalue weighted by molar-refractivity contribution is 0.0719. The predicted octanol–water partition coefficient (Wildman–Crippen LogP) is 4.26. The molecule has 8 nitrogen and oxygen atoms in total. The van der Waals surface area contributed by atoms with Crippen molar-refractivity contribution in [3.05, 3.63) is 63.7 Å². The molecule has 1 fully saturated rings. The minimum Gasteiger partial charge on any atom is -0.497 e. The van der Waals surface area contributed by atoms with Gasteiger partial charge in [-0.3, -0.25) is 9.36 Å². The number of aryl methyl sites for hydroxylation is 1. The SMILES string of the molecule is CCOC1CN(c2ccccn2)CC1Nc1c(CC)nc(-c2ccc(OC)cc2Cl)n(CC)c1=O. The molecule has 0 saturated carbocycles. The predicted molar refractivity (Wildman–Crippen MR) is 140 cm³/mol. The molecular formula is C26H32ClN5O3. The van der Waals surface area contributed by atoms with Crippen LogP contribution in [0.5, 0.6) is 5.75 Å². The van der Waals surface area contributed by atoms with E-state index in [1.165, 1.54) is 0 Å². The first-order chi connectivity index (χ1) is 17.0. The fourth-order valence-corrected chi connectivity index (χ4v) is 4.77. The number of pyridine rings is 1. The Hall–Kier alpha value is -3.10. The number of rotatable bonds is 9. The quantitative estimate of drug-likeness (QED) is 0.473. The number of hydrogen-bond acceptors (Lipinski definition) is 7. The van der Waals surface area contributed by atoms with Crippen molar-refractivity contribution in [3.8, 4) is 17.1 Å². The molecule has 2 aromatic heterocycles. The van der Waals surface area contributed by atoms with Gasteiger partial charge in [-0.2, -0.15) is 0 Å². The van der Waals surface area contributed by atoms with Crippen molar-refractivity contribution < 1.29 is 9.47 Å². The second kappa shape index (κ2) is 11.1. The minimum atomic E-state index is -0.118. The third kappa shape index (κ3) is 5.13. The van der Waals surface area contributed by atoms with E-state index in [9.17, 15) is 4.79 Å². The fraction of sp³-hybridized carbons (Fsp3) is 0.423. The number of anilines is 2. The molecule has 1 N–H and O–H groups in total. The molecule has 0 amide bonds. The van der Waals surface area contributed by atoms with Gasteiger partial charge in [0, 0.05) is 38.0 Å². The Labute approximate surface area is 210 Å². The molecule has 186 valence electrons. The molecule has 0 bridgehead atoms. The van der Waals surface area contributed by atoms with Gasteiger partial charge in [-0.1, -0.05) is 24.6 Å². The Morgan fingerprint density at radius 3 is 2.63 bits per heavy atom. The molecule has 1 saturated heterocycles. The Bertz CT molecular complexity index is 1220. The van der Waals surface area contributed by atoms with Crippen LogP contribution in [0.1, 0.15) is 26.5 Å². The van der Waals surface area contributed by atoms with Gasteiger partial charge < -0.3 is 19.7 Å². The summed E-state index contributed by atoms with van der Waals surface area (Å²) < 4.78 is 13.0. The highest BCUT2D eigenvalue weighted by Crippen LogP contribution is 2.31. The number of benzene rings is 1. The van der Waals surface area contributed by atoms with Crippen LogP contribution < -0.4 is 20.5 Å². The van der Waals surface area contributed by atoms with Crippen LogP contribution in [-0.4, -0.2) is 53.5 Å². The van der Waals surface area contributed by atoms with Crippen molar-refractivity contribution in [1.29, 1.82) is 0 Å². The van der Waals surface area contributed by atoms with Gasteiger partial charge in [-0.05, 0) is 50.6 Å². The first kappa shape index (κ1) is 25.0. The third-order valence-corrected chi connectivity index (χ3v) is 6.58. The topological polar surface area (TPSA) is 81.5 Å². The van der Waals surface area contributed by atoms with E-state index >= 15 is 0 Å². The number of hydrogen-bond donors (Lipinski definition) is 1. The largest absolute Gasteiger partial charge is 0.497 e. The maximum absolute atomic E-state index is 13.7. The molecule has 4 rings (SSSR count). The monoisotopic (exact) mass is 497 g/mol. The van der Waals surface area contributed by atoms with Crippen LogP contribution in [0.4, 0.5) is 11.5 Å². The maximum Gasteiger partial charge on any atom is 0.277 e. The van der Waals surface area contributed by atoms with Crippen LogP contribution >= 0.6 is 11.6 Å². The zero-order valence-corrected chi connectivity index (χ0v) is 21.4. The first-order valence-corrected chi connectivity index (χ1v) is 12.4. The highest BCUT2D eigenvalue weighted by Gasteiger charge is 2.35. The Balaban J connectivity index is 1.71. The smallest absolute Gasteiger partial charge is 0.277 e. The van der Waals surface area contributed by atoms with E-state index in [4.69, 9.17) is 26.1 Å². The molecule has 0 aliphatic carbocycles. The van der Waals surface area contributed by atoms with Crippen LogP contribution in [-0.2, 0) is 17.7 Å². The lowest BCUT2D eigenvalue weighted by atomic mass is 10.1. The average molecular weight is 498 g/mol. The van der Waals surface area contributed by atoms with E-state index in [2.05, 4.69) is 15.2 Å². The fourth-order valence-electron chi connectivity index (χ4n) is 4.51. The van der Waals surface area contributed by atoms with Gasteiger partial charge >= 0.3 is 0 Å². The number of aromatic nitrogens is 3. The summed E-state index contributed by atoms with van der Waals surface area (Å²) >= 11 is 6.55. The van der Waals surface area contributed by atoms with Gasteiger partial charge in [0.15, 0.2) is 0 Å². The van der Waals surface area contributed by atoms with Crippen molar-refractivity contribution >= 4 is 23.1 Å². The molecule has 35 heavy (non-hydrogen) atoms. The van der Waals surface area contributed by atoms with E-state index in [1.807, 2.05) is 51.1 Å². The van der Waals surface area contributed by atoms with Crippen LogP contribution in [0.25, 0.3) is 11.4 Å². The maximum atomic E-state index is 13.7. The first-order valence-electron chi connectivity index (χ1n) is 12.0. The van der Waals surface area contributed by atoms with E-state index in [0.29, 0.717) is 66.2 Å². The van der Waals surface area contributed by atoms with Crippen LogP contribution in [0.15, 0.2) is 47.4 Å². The van der Waals surface area contributed by atoms with Crippen molar-refractivity contribution in [2.75, 3.05) is 37.0 Å². The van der Waals surface area contributed by atoms with Crippen molar-refractivity contribution in [3.63, 3.8) is 0 Å². The average Bonchev–Trinajstić information content (AvgIpc) is 3.28. The zero-order chi connectivity index (χ0) is 24.9. The van der Waals surface area contributed by atoms with Crippen molar-refractivity contribution in [2.45, 2.75) is 45.9 Å². The second-order valence-electron chi connectivity index (χ2n) is 8.34. The van der Waals surface area contributed by atoms with Crippen LogP contribution in [0.3, 0.4) is 0 Å². The molecule has 1 aromatic carbocycles. The Kier molecular flexibility index (Phi) is 7.93. The highest BCUT2D eigenvalue weighted by atomic mass is 35.5. The van der Waals surface area contributed by atoms with Crippen LogP contribution in [0.2, 0.25) is 5.02 Å². The summed E-state index contributed by atoms with van der Waals surface area (Å²) in [6.07, 6.45) is 2.30. The number of nitrogens with zero attached hydrogens (tertiary/aromatic N) is 4. The standard InChI is InChI=1S/C26H32ClN5O3/c1-5-20-24(29-21-15-31(16-22(21)35-7-3)23-10-8-9-13-28-23)26(33)32(6-2)25(30-20)18-12-11-17(34-4)14-19(18)27/h8-14,21-22,29H,5-7,15-16H2,1-4H3. The molecular weight excluding hydrogens is 466 g/mol. The van der Waals surface area contributed by atoms with Crippen molar-refractivity contribution in [2.24, 2.45) is 0 Å². The van der Waals surface area contributed by atoms with Gasteiger partial charge in [-0.15, -0.1) is 0 Å². The summed E-state index contributed by atoms with van der Waals surface area (Å²) in [6.45, 7) is 8.32. The third-order valence-electron chi connectivity index (χ3n) is 6.26. The summed E-state index contributed by atoms with van der Waals surface area (Å²) in [5.41, 5.74) is 1.79. The summed E-state index contributed by atoms with van der Waals surface area (Å²) in [4.78, 5) is 25.3. The lowest BCUT2D eigenvalue weighted by Gasteiger charge is -2.23. The summed E-state index contributed by atoms with van der Waals surface area (Å²) in [7, 11) is 1.59. The Morgan fingerprint density at radius 1 is 1.17 bits per heavy atom.